The molecule has 2 heterocycles. The van der Waals surface area contributed by atoms with Crippen LogP contribution in [0.2, 0.25) is 0 Å². The molecule has 0 aromatic heterocycles. The lowest BCUT2D eigenvalue weighted by Gasteiger charge is -2.29. The van der Waals surface area contributed by atoms with Gasteiger partial charge in [-0.3, -0.25) is 9.69 Å². The highest BCUT2D eigenvalue weighted by Crippen LogP contribution is 2.21. The van der Waals surface area contributed by atoms with Crippen molar-refractivity contribution in [2.45, 2.75) is 31.7 Å². The van der Waals surface area contributed by atoms with Crippen LogP contribution in [-0.2, 0) is 4.79 Å². The molecular weight excluding hydrogens is 246 g/mol. The molecule has 2 aliphatic rings. The van der Waals surface area contributed by atoms with Crippen molar-refractivity contribution >= 4 is 17.7 Å². The number of carbonyl (C=O) groups is 1. The molecule has 2 rings (SSSR count). The van der Waals surface area contributed by atoms with Crippen molar-refractivity contribution in [3.63, 3.8) is 0 Å². The third-order valence-electron chi connectivity index (χ3n) is 3.93. The number of likely N-dealkylation sites (tertiary alicyclic amines) is 1. The maximum atomic E-state index is 11.8. The number of hydrogen-bond acceptors (Lipinski definition) is 4. The predicted molar refractivity (Wildman–Crippen MR) is 76.7 cm³/mol. The molecule has 0 bridgehead atoms. The summed E-state index contributed by atoms with van der Waals surface area (Å²) in [7, 11) is 0. The first kappa shape index (κ1) is 14.2. The highest BCUT2D eigenvalue weighted by molar-refractivity contribution is 7.99. The van der Waals surface area contributed by atoms with Gasteiger partial charge in [0.05, 0.1) is 6.54 Å². The fourth-order valence-corrected chi connectivity index (χ4v) is 3.78. The van der Waals surface area contributed by atoms with Gasteiger partial charge in [0.15, 0.2) is 0 Å². The van der Waals surface area contributed by atoms with Gasteiger partial charge in [0, 0.05) is 25.7 Å². The normalized spacial score (nSPS) is 24.1. The number of nitrogens with zero attached hydrogens (tertiary/aromatic N) is 1. The molecule has 0 saturated carbocycles. The molecule has 0 aromatic rings. The lowest BCUT2D eigenvalue weighted by Crippen LogP contribution is -2.45. The van der Waals surface area contributed by atoms with Crippen LogP contribution in [0.3, 0.4) is 0 Å². The van der Waals surface area contributed by atoms with E-state index in [4.69, 9.17) is 5.73 Å². The molecule has 2 saturated heterocycles. The topological polar surface area (TPSA) is 58.4 Å². The zero-order chi connectivity index (χ0) is 12.8. The van der Waals surface area contributed by atoms with E-state index >= 15 is 0 Å². The molecule has 2 aliphatic heterocycles. The van der Waals surface area contributed by atoms with Gasteiger partial charge in [-0.25, -0.2) is 0 Å². The van der Waals surface area contributed by atoms with E-state index in [1.807, 2.05) is 11.8 Å². The summed E-state index contributed by atoms with van der Waals surface area (Å²) in [4.78, 5) is 14.1. The van der Waals surface area contributed by atoms with Crippen molar-refractivity contribution < 1.29 is 4.79 Å². The van der Waals surface area contributed by atoms with Gasteiger partial charge in [0.25, 0.3) is 0 Å². The number of nitrogens with two attached hydrogens (primary N) is 1. The molecule has 18 heavy (non-hydrogen) atoms. The monoisotopic (exact) mass is 271 g/mol. The van der Waals surface area contributed by atoms with E-state index in [-0.39, 0.29) is 5.91 Å². The fraction of sp³-hybridized carbons (Fsp3) is 0.923. The summed E-state index contributed by atoms with van der Waals surface area (Å²) in [5.41, 5.74) is 5.85. The Balaban J connectivity index is 1.59. The molecule has 0 radical (unpaired) electrons. The van der Waals surface area contributed by atoms with Gasteiger partial charge in [-0.1, -0.05) is 0 Å². The molecule has 104 valence electrons. The Bertz CT molecular complexity index is 261. The summed E-state index contributed by atoms with van der Waals surface area (Å²) in [6.45, 7) is 3.35. The second-order valence-corrected chi connectivity index (χ2v) is 6.70. The van der Waals surface area contributed by atoms with E-state index in [0.717, 1.165) is 32.5 Å². The third kappa shape index (κ3) is 4.78. The Kier molecular flexibility index (Phi) is 5.79. The van der Waals surface area contributed by atoms with Gasteiger partial charge in [0.2, 0.25) is 5.91 Å². The van der Waals surface area contributed by atoms with Gasteiger partial charge < -0.3 is 11.1 Å². The Morgan fingerprint density at radius 2 is 1.89 bits per heavy atom. The maximum Gasteiger partial charge on any atom is 0.234 e. The van der Waals surface area contributed by atoms with E-state index < -0.39 is 0 Å². The zero-order valence-corrected chi connectivity index (χ0v) is 11.9. The SMILES string of the molecule is NC1CCN(CC(=O)NCC2CCSCC2)CC1. The van der Waals surface area contributed by atoms with Gasteiger partial charge in [-0.05, 0) is 43.1 Å². The quantitative estimate of drug-likeness (QED) is 0.789. The summed E-state index contributed by atoms with van der Waals surface area (Å²) in [6.07, 6.45) is 4.55. The van der Waals surface area contributed by atoms with Crippen LogP contribution in [0.1, 0.15) is 25.7 Å². The van der Waals surface area contributed by atoms with Crippen molar-refractivity contribution in [1.29, 1.82) is 0 Å². The van der Waals surface area contributed by atoms with E-state index in [1.54, 1.807) is 0 Å². The molecule has 1 amide bonds. The lowest BCUT2D eigenvalue weighted by atomic mass is 10.0. The van der Waals surface area contributed by atoms with Crippen molar-refractivity contribution in [3.8, 4) is 0 Å². The number of hydrogen-bond donors (Lipinski definition) is 2. The average molecular weight is 271 g/mol. The largest absolute Gasteiger partial charge is 0.355 e. The third-order valence-corrected chi connectivity index (χ3v) is 4.98. The van der Waals surface area contributed by atoms with Gasteiger partial charge in [-0.2, -0.15) is 11.8 Å². The van der Waals surface area contributed by atoms with Crippen LogP contribution in [0.25, 0.3) is 0 Å². The Morgan fingerprint density at radius 1 is 1.22 bits per heavy atom. The lowest BCUT2D eigenvalue weighted by molar-refractivity contribution is -0.122. The van der Waals surface area contributed by atoms with Crippen molar-refractivity contribution in [1.82, 2.24) is 10.2 Å². The molecular formula is C13H25N3OS. The van der Waals surface area contributed by atoms with Crippen molar-refractivity contribution in [3.05, 3.63) is 0 Å². The number of nitrogens with one attached hydrogen (secondary N) is 1. The minimum absolute atomic E-state index is 0.184. The van der Waals surface area contributed by atoms with Gasteiger partial charge in [0.1, 0.15) is 0 Å². The first-order valence-electron chi connectivity index (χ1n) is 7.06. The fourth-order valence-electron chi connectivity index (χ4n) is 2.58. The van der Waals surface area contributed by atoms with Crippen molar-refractivity contribution in [2.75, 3.05) is 37.7 Å². The number of rotatable bonds is 4. The van der Waals surface area contributed by atoms with E-state index in [0.29, 0.717) is 18.5 Å². The van der Waals surface area contributed by atoms with Crippen LogP contribution in [0.4, 0.5) is 0 Å². The summed E-state index contributed by atoms with van der Waals surface area (Å²) >= 11 is 2.03. The second-order valence-electron chi connectivity index (χ2n) is 5.47. The van der Waals surface area contributed by atoms with E-state index in [2.05, 4.69) is 10.2 Å². The number of carbonyl (C=O) groups excluding carboxylic acids is 1. The first-order valence-corrected chi connectivity index (χ1v) is 8.22. The molecule has 2 fully saturated rings. The predicted octanol–water partition coefficient (Wildman–Crippen LogP) is 0.669. The van der Waals surface area contributed by atoms with E-state index in [1.165, 1.54) is 24.3 Å². The van der Waals surface area contributed by atoms with Crippen LogP contribution in [0, 0.1) is 5.92 Å². The molecule has 3 N–H and O–H groups in total. The molecule has 0 aromatic carbocycles. The number of thioether (sulfide) groups is 1. The van der Waals surface area contributed by atoms with Gasteiger partial charge >= 0.3 is 0 Å². The highest BCUT2D eigenvalue weighted by Gasteiger charge is 2.19. The average Bonchev–Trinajstić information content (AvgIpc) is 2.40. The number of piperidine rings is 1. The maximum absolute atomic E-state index is 11.8. The minimum atomic E-state index is 0.184. The van der Waals surface area contributed by atoms with Crippen LogP contribution >= 0.6 is 11.8 Å². The number of amides is 1. The van der Waals surface area contributed by atoms with Crippen molar-refractivity contribution in [2.24, 2.45) is 11.7 Å². The molecule has 5 heteroatoms. The smallest absolute Gasteiger partial charge is 0.234 e. The minimum Gasteiger partial charge on any atom is -0.355 e. The molecule has 0 aliphatic carbocycles. The second kappa shape index (κ2) is 7.36. The van der Waals surface area contributed by atoms with Crippen LogP contribution in [0.15, 0.2) is 0 Å². The summed E-state index contributed by atoms with van der Waals surface area (Å²) < 4.78 is 0. The first-order chi connectivity index (χ1) is 8.74. The van der Waals surface area contributed by atoms with Gasteiger partial charge in [-0.15, -0.1) is 0 Å². The summed E-state index contributed by atoms with van der Waals surface area (Å²) in [5.74, 6) is 3.39. The molecule has 0 atom stereocenters. The zero-order valence-electron chi connectivity index (χ0n) is 11.1. The van der Waals surface area contributed by atoms with Crippen LogP contribution in [-0.4, -0.2) is 54.5 Å². The Labute approximate surface area is 114 Å². The Hall–Kier alpha value is -0.260. The van der Waals surface area contributed by atoms with E-state index in [9.17, 15) is 4.79 Å². The molecule has 0 unspecified atom stereocenters. The molecule has 4 nitrogen and oxygen atoms in total. The van der Waals surface area contributed by atoms with Crippen LogP contribution in [0.5, 0.6) is 0 Å². The Morgan fingerprint density at radius 3 is 2.56 bits per heavy atom. The highest BCUT2D eigenvalue weighted by atomic mass is 32.2. The standard InChI is InChI=1S/C13H25N3OS/c14-12-1-5-16(6-2-12)10-13(17)15-9-11-3-7-18-8-4-11/h11-12H,1-10,14H2,(H,15,17). The molecule has 0 spiro atoms. The van der Waals surface area contributed by atoms with Crippen LogP contribution < -0.4 is 11.1 Å². The summed E-state index contributed by atoms with van der Waals surface area (Å²) in [6, 6.07) is 0.337. The summed E-state index contributed by atoms with van der Waals surface area (Å²) in [5, 5.41) is 3.09.